The van der Waals surface area contributed by atoms with Gasteiger partial charge >= 0.3 is 0 Å². The first-order chi connectivity index (χ1) is 25.8. The van der Waals surface area contributed by atoms with Crippen molar-refractivity contribution in [3.05, 3.63) is 180 Å². The predicted octanol–water partition coefficient (Wildman–Crippen LogP) is 11.9. The number of piperidine rings is 1. The number of nitrogens with one attached hydrogen (secondary N) is 1. The summed E-state index contributed by atoms with van der Waals surface area (Å²) in [6.07, 6.45) is 13.5. The second-order valence-corrected chi connectivity index (χ2v) is 14.6. The molecule has 3 atom stereocenters. The van der Waals surface area contributed by atoms with Gasteiger partial charge < -0.3 is 19.4 Å². The number of aromatic nitrogens is 1. The Morgan fingerprint density at radius 1 is 0.615 bits per heavy atom. The van der Waals surface area contributed by atoms with Gasteiger partial charge in [0.2, 0.25) is 0 Å². The largest absolute Gasteiger partial charge is 0.457 e. The maximum Gasteiger partial charge on any atom is 0.132 e. The molecule has 0 radical (unpaired) electrons. The zero-order valence-corrected chi connectivity index (χ0v) is 28.9. The molecular formula is C48H38N2O2. The van der Waals surface area contributed by atoms with Crippen molar-refractivity contribution in [2.24, 2.45) is 0 Å². The first-order valence-corrected chi connectivity index (χ1v) is 18.7. The van der Waals surface area contributed by atoms with E-state index in [0.29, 0.717) is 6.04 Å². The average molecular weight is 675 g/mol. The van der Waals surface area contributed by atoms with E-state index in [4.69, 9.17) is 9.47 Å². The summed E-state index contributed by atoms with van der Waals surface area (Å²) >= 11 is 0. The van der Waals surface area contributed by atoms with Crippen LogP contribution in [-0.4, -0.2) is 11.1 Å². The monoisotopic (exact) mass is 674 g/mol. The highest BCUT2D eigenvalue weighted by atomic mass is 16.5. The third-order valence-electron chi connectivity index (χ3n) is 11.9. The third-order valence-corrected chi connectivity index (χ3v) is 11.9. The van der Waals surface area contributed by atoms with Gasteiger partial charge in [0.1, 0.15) is 23.0 Å². The van der Waals surface area contributed by atoms with Crippen LogP contribution in [0.15, 0.2) is 152 Å². The fraction of sp³-hybridized carbons (Fsp3) is 0.167. The lowest BCUT2D eigenvalue weighted by Gasteiger charge is -2.45. The van der Waals surface area contributed by atoms with Gasteiger partial charge in [-0.25, -0.2) is 0 Å². The Morgan fingerprint density at radius 3 is 2.10 bits per heavy atom. The Labute approximate surface area is 303 Å². The Balaban J connectivity index is 1.14. The zero-order valence-electron chi connectivity index (χ0n) is 28.9. The average Bonchev–Trinajstić information content (AvgIpc) is 3.56. The molecule has 1 saturated heterocycles. The molecule has 3 unspecified atom stereocenters. The van der Waals surface area contributed by atoms with Crippen LogP contribution in [0.2, 0.25) is 0 Å². The fourth-order valence-corrected chi connectivity index (χ4v) is 9.61. The summed E-state index contributed by atoms with van der Waals surface area (Å²) in [5.41, 5.74) is 10.1. The van der Waals surface area contributed by atoms with E-state index in [0.717, 1.165) is 70.2 Å². The lowest BCUT2D eigenvalue weighted by molar-refractivity contribution is 0.393. The third kappa shape index (κ3) is 4.25. The lowest BCUT2D eigenvalue weighted by atomic mass is 9.62. The molecule has 6 aromatic carbocycles. The molecule has 3 aliphatic heterocycles. The van der Waals surface area contributed by atoms with E-state index >= 15 is 0 Å². The molecule has 0 saturated carbocycles. The number of rotatable bonds is 3. The smallest absolute Gasteiger partial charge is 0.132 e. The normalized spacial score (nSPS) is 21.2. The van der Waals surface area contributed by atoms with E-state index in [1.54, 1.807) is 0 Å². The molecule has 4 nitrogen and oxygen atoms in total. The van der Waals surface area contributed by atoms with Crippen LogP contribution >= 0.6 is 0 Å². The molecule has 4 heterocycles. The van der Waals surface area contributed by atoms with Gasteiger partial charge in [-0.15, -0.1) is 0 Å². The first-order valence-electron chi connectivity index (χ1n) is 18.7. The Morgan fingerprint density at radius 2 is 1.33 bits per heavy atom. The van der Waals surface area contributed by atoms with Crippen LogP contribution in [0.4, 0.5) is 0 Å². The van der Waals surface area contributed by atoms with Crippen LogP contribution in [0.1, 0.15) is 65.6 Å². The van der Waals surface area contributed by atoms with Crippen LogP contribution < -0.4 is 14.8 Å². The number of ether oxygens (including phenoxy) is 2. The number of nitrogens with zero attached hydrogens (tertiary/aromatic N) is 1. The van der Waals surface area contributed by atoms with Crippen LogP contribution in [0.3, 0.4) is 0 Å². The molecule has 252 valence electrons. The van der Waals surface area contributed by atoms with E-state index in [1.165, 1.54) is 45.8 Å². The van der Waals surface area contributed by atoms with E-state index in [1.807, 2.05) is 0 Å². The highest BCUT2D eigenvalue weighted by molar-refractivity contribution is 6.15. The predicted molar refractivity (Wildman–Crippen MR) is 210 cm³/mol. The molecule has 0 amide bonds. The number of para-hydroxylation sites is 3. The maximum atomic E-state index is 6.94. The minimum Gasteiger partial charge on any atom is -0.457 e. The molecule has 1 spiro atoms. The highest BCUT2D eigenvalue weighted by Crippen LogP contribution is 2.62. The summed E-state index contributed by atoms with van der Waals surface area (Å²) in [5.74, 6) is 3.55. The van der Waals surface area contributed by atoms with E-state index in [-0.39, 0.29) is 6.04 Å². The van der Waals surface area contributed by atoms with Gasteiger partial charge in [0.25, 0.3) is 0 Å². The van der Waals surface area contributed by atoms with Gasteiger partial charge in [0.15, 0.2) is 0 Å². The van der Waals surface area contributed by atoms with Crippen molar-refractivity contribution in [2.75, 3.05) is 6.54 Å². The molecule has 1 aromatic heterocycles. The molecule has 7 aromatic rings. The molecule has 4 heteroatoms. The molecule has 11 rings (SSSR count). The van der Waals surface area contributed by atoms with Gasteiger partial charge in [0.05, 0.1) is 17.0 Å². The quantitative estimate of drug-likeness (QED) is 0.203. The van der Waals surface area contributed by atoms with Crippen LogP contribution in [-0.2, 0) is 5.41 Å². The summed E-state index contributed by atoms with van der Waals surface area (Å²) < 4.78 is 16.3. The molecule has 1 aliphatic carbocycles. The van der Waals surface area contributed by atoms with Crippen molar-refractivity contribution in [2.45, 2.75) is 43.2 Å². The van der Waals surface area contributed by atoms with Crippen LogP contribution in [0.5, 0.6) is 23.0 Å². The van der Waals surface area contributed by atoms with Crippen molar-refractivity contribution in [3.8, 4) is 34.1 Å². The summed E-state index contributed by atoms with van der Waals surface area (Å²) in [7, 11) is 0. The topological polar surface area (TPSA) is 35.4 Å². The van der Waals surface area contributed by atoms with E-state index in [9.17, 15) is 0 Å². The highest BCUT2D eigenvalue weighted by Gasteiger charge is 2.50. The number of hydrogen-bond acceptors (Lipinski definition) is 3. The number of benzene rings is 6. The molecular weight excluding hydrogens is 637 g/mol. The fourth-order valence-electron chi connectivity index (χ4n) is 9.61. The summed E-state index contributed by atoms with van der Waals surface area (Å²) in [4.78, 5) is 0. The van der Waals surface area contributed by atoms with Crippen molar-refractivity contribution in [1.29, 1.82) is 0 Å². The minimum atomic E-state index is -0.617. The van der Waals surface area contributed by atoms with Crippen molar-refractivity contribution in [3.63, 3.8) is 0 Å². The van der Waals surface area contributed by atoms with Gasteiger partial charge in [-0.2, -0.15) is 0 Å². The molecule has 52 heavy (non-hydrogen) atoms. The number of fused-ring (bicyclic) bond motifs is 11. The van der Waals surface area contributed by atoms with Crippen LogP contribution in [0.25, 0.3) is 32.9 Å². The number of hydrogen-bond donors (Lipinski definition) is 1. The Kier molecular flexibility index (Phi) is 6.65. The lowest BCUT2D eigenvalue weighted by Crippen LogP contribution is -2.37. The number of allylic oxidation sites excluding steroid dienone is 4. The summed E-state index contributed by atoms with van der Waals surface area (Å²) in [6.45, 7) is 1.05. The van der Waals surface area contributed by atoms with Gasteiger partial charge in [-0.3, -0.25) is 0 Å². The van der Waals surface area contributed by atoms with Gasteiger partial charge in [-0.1, -0.05) is 122 Å². The van der Waals surface area contributed by atoms with Crippen molar-refractivity contribution >= 4 is 21.8 Å². The second kappa shape index (κ2) is 11.6. The van der Waals surface area contributed by atoms with E-state index < -0.39 is 5.41 Å². The van der Waals surface area contributed by atoms with Gasteiger partial charge in [-0.05, 0) is 78.9 Å². The Bertz CT molecular complexity index is 2610. The van der Waals surface area contributed by atoms with Crippen LogP contribution in [0, 0.1) is 0 Å². The van der Waals surface area contributed by atoms with Crippen molar-refractivity contribution in [1.82, 2.24) is 9.88 Å². The van der Waals surface area contributed by atoms with Crippen molar-refractivity contribution < 1.29 is 9.47 Å². The summed E-state index contributed by atoms with van der Waals surface area (Å²) in [6, 6.07) is 47.2. The molecule has 1 fully saturated rings. The molecule has 0 bridgehead atoms. The SMILES string of the molecule is C1=CCC(n2c3ccccc3c3c(-c4ccc5c(c4)Oc4ccccc4C54c5ccccc5Oc5cc(C6CCCCN6)ccc54)cccc32)C=C1. The van der Waals surface area contributed by atoms with Gasteiger partial charge in [0, 0.05) is 44.6 Å². The first kappa shape index (κ1) is 29.8. The Hall–Kier alpha value is -5.84. The zero-order chi connectivity index (χ0) is 34.2. The summed E-state index contributed by atoms with van der Waals surface area (Å²) in [5, 5.41) is 6.29. The second-order valence-electron chi connectivity index (χ2n) is 14.6. The van der Waals surface area contributed by atoms with E-state index in [2.05, 4.69) is 162 Å². The minimum absolute atomic E-state index is 0.272. The molecule has 4 aliphatic rings. The maximum absolute atomic E-state index is 6.94. The standard InChI is InChI=1S/C48H38N2O2/c1-2-13-33(14-3-1)50-41-20-7-4-15-35(41)47-34(16-12-21-42(47)50)31-24-26-38-45(29-31)51-43-22-8-5-17-36(43)48(38)37-18-6-9-23-44(37)52-46-30-32(25-27-39(46)48)40-19-10-11-28-49-40/h1-9,12-13,15-18,20-27,29-30,33,40,49H,10-11,14,19,28H2. The molecule has 1 N–H and O–H groups in total.